The van der Waals surface area contributed by atoms with Crippen LogP contribution in [-0.4, -0.2) is 20.9 Å². The summed E-state index contributed by atoms with van der Waals surface area (Å²) in [6, 6.07) is 3.69. The molecule has 3 heterocycles. The number of pyridine rings is 1. The van der Waals surface area contributed by atoms with E-state index in [0.717, 1.165) is 10.7 Å². The number of carbonyl (C=O) groups is 1. The van der Waals surface area contributed by atoms with Crippen LogP contribution >= 0.6 is 22.7 Å². The number of thiazole rings is 2. The zero-order valence-corrected chi connectivity index (χ0v) is 14.5. The third kappa shape index (κ3) is 3.56. The van der Waals surface area contributed by atoms with Crippen molar-refractivity contribution in [2.45, 2.75) is 13.8 Å². The van der Waals surface area contributed by atoms with Crippen molar-refractivity contribution in [2.75, 3.05) is 10.6 Å². The molecule has 0 saturated heterocycles. The van der Waals surface area contributed by atoms with E-state index in [4.69, 9.17) is 5.26 Å². The molecule has 3 rings (SSSR count). The Labute approximate surface area is 146 Å². The lowest BCUT2D eigenvalue weighted by molar-refractivity contribution is 0.102. The molecule has 120 valence electrons. The average molecular weight is 356 g/mol. The Morgan fingerprint density at radius 2 is 2.12 bits per heavy atom. The summed E-state index contributed by atoms with van der Waals surface area (Å²) in [5.74, 6) is -0.333. The number of aryl methyl sites for hydroxylation is 2. The van der Waals surface area contributed by atoms with E-state index in [9.17, 15) is 4.79 Å². The zero-order valence-electron chi connectivity index (χ0n) is 12.8. The van der Waals surface area contributed by atoms with Crippen LogP contribution < -0.4 is 10.6 Å². The summed E-state index contributed by atoms with van der Waals surface area (Å²) >= 11 is 2.72. The number of aromatic nitrogens is 3. The standard InChI is InChI=1S/C15H12N6OS2/c1-8-7-23-15(18-8)21-13(22)12-14(24-9(2)19-12)20-11-3-10(4-16)5-17-6-11/h3,5-7,20H,1-2H3,(H,18,21,22). The van der Waals surface area contributed by atoms with Crippen molar-refractivity contribution in [1.29, 1.82) is 5.26 Å². The fourth-order valence-corrected chi connectivity index (χ4v) is 3.45. The third-order valence-electron chi connectivity index (χ3n) is 2.91. The Morgan fingerprint density at radius 1 is 1.29 bits per heavy atom. The van der Waals surface area contributed by atoms with Crippen molar-refractivity contribution in [2.24, 2.45) is 0 Å². The highest BCUT2D eigenvalue weighted by Gasteiger charge is 2.18. The first-order valence-corrected chi connectivity index (χ1v) is 8.58. The smallest absolute Gasteiger partial charge is 0.279 e. The maximum atomic E-state index is 12.5. The van der Waals surface area contributed by atoms with E-state index in [1.165, 1.54) is 28.9 Å². The highest BCUT2D eigenvalue weighted by molar-refractivity contribution is 7.16. The number of rotatable bonds is 4. The molecule has 0 unspecified atom stereocenters. The van der Waals surface area contributed by atoms with Crippen LogP contribution in [0.3, 0.4) is 0 Å². The van der Waals surface area contributed by atoms with Crippen LogP contribution in [0.5, 0.6) is 0 Å². The quantitative estimate of drug-likeness (QED) is 0.742. The number of hydrogen-bond acceptors (Lipinski definition) is 8. The first-order valence-electron chi connectivity index (χ1n) is 6.88. The van der Waals surface area contributed by atoms with Gasteiger partial charge in [0.25, 0.3) is 5.91 Å². The molecule has 0 aromatic carbocycles. The van der Waals surface area contributed by atoms with Gasteiger partial charge in [-0.1, -0.05) is 0 Å². The van der Waals surface area contributed by atoms with Crippen LogP contribution in [0, 0.1) is 25.2 Å². The number of nitrogens with one attached hydrogen (secondary N) is 2. The molecule has 7 nitrogen and oxygen atoms in total. The second-order valence-corrected chi connectivity index (χ2v) is 6.92. The van der Waals surface area contributed by atoms with E-state index in [1.807, 2.05) is 25.3 Å². The SMILES string of the molecule is Cc1csc(NC(=O)c2nc(C)sc2Nc2cncc(C#N)c2)n1. The predicted octanol–water partition coefficient (Wildman–Crippen LogP) is 3.48. The number of hydrogen-bond donors (Lipinski definition) is 2. The lowest BCUT2D eigenvalue weighted by Gasteiger charge is -2.06. The molecule has 0 fully saturated rings. The molecule has 9 heteroatoms. The van der Waals surface area contributed by atoms with Gasteiger partial charge in [-0.3, -0.25) is 15.1 Å². The molecule has 0 atom stereocenters. The first kappa shape index (κ1) is 16.0. The van der Waals surface area contributed by atoms with Crippen molar-refractivity contribution >= 4 is 44.4 Å². The van der Waals surface area contributed by atoms with E-state index in [1.54, 1.807) is 12.3 Å². The second kappa shape index (κ2) is 6.74. The van der Waals surface area contributed by atoms with E-state index in [0.29, 0.717) is 21.4 Å². The Hall–Kier alpha value is -2.83. The molecule has 3 aromatic heterocycles. The normalized spacial score (nSPS) is 10.2. The minimum absolute atomic E-state index is 0.285. The van der Waals surface area contributed by atoms with Gasteiger partial charge in [0, 0.05) is 11.6 Å². The van der Waals surface area contributed by atoms with Crippen molar-refractivity contribution in [3.05, 3.63) is 45.8 Å². The largest absolute Gasteiger partial charge is 0.344 e. The maximum absolute atomic E-state index is 12.5. The summed E-state index contributed by atoms with van der Waals surface area (Å²) in [5.41, 5.74) is 2.19. The van der Waals surface area contributed by atoms with Gasteiger partial charge >= 0.3 is 0 Å². The van der Waals surface area contributed by atoms with E-state index < -0.39 is 0 Å². The number of carbonyl (C=O) groups excluding carboxylic acids is 1. The molecule has 0 aliphatic carbocycles. The molecule has 24 heavy (non-hydrogen) atoms. The summed E-state index contributed by atoms with van der Waals surface area (Å²) < 4.78 is 0. The van der Waals surface area contributed by atoms with Crippen molar-refractivity contribution < 1.29 is 4.79 Å². The molecule has 0 aliphatic heterocycles. The second-order valence-electron chi connectivity index (χ2n) is 4.86. The molecule has 0 aliphatic rings. The van der Waals surface area contributed by atoms with Crippen molar-refractivity contribution in [3.8, 4) is 6.07 Å². The molecule has 0 radical (unpaired) electrons. The van der Waals surface area contributed by atoms with Gasteiger partial charge in [0.1, 0.15) is 11.1 Å². The number of nitriles is 1. The Balaban J connectivity index is 1.84. The molecule has 3 aromatic rings. The summed E-state index contributed by atoms with van der Waals surface area (Å²) in [6.45, 7) is 3.69. The fourth-order valence-electron chi connectivity index (χ4n) is 1.93. The summed E-state index contributed by atoms with van der Waals surface area (Å²) in [7, 11) is 0. The minimum Gasteiger partial charge on any atom is -0.344 e. The molecule has 0 spiro atoms. The predicted molar refractivity (Wildman–Crippen MR) is 93.9 cm³/mol. The van der Waals surface area contributed by atoms with E-state index in [-0.39, 0.29) is 11.6 Å². The average Bonchev–Trinajstić information content (AvgIpc) is 3.13. The fraction of sp³-hybridized carbons (Fsp3) is 0.133. The van der Waals surface area contributed by atoms with Crippen LogP contribution in [0.2, 0.25) is 0 Å². The van der Waals surface area contributed by atoms with Gasteiger partial charge in [-0.05, 0) is 19.9 Å². The van der Waals surface area contributed by atoms with Crippen LogP contribution in [0.1, 0.15) is 26.8 Å². The summed E-state index contributed by atoms with van der Waals surface area (Å²) in [6.07, 6.45) is 3.06. The van der Waals surface area contributed by atoms with Crippen LogP contribution in [-0.2, 0) is 0 Å². The number of anilines is 3. The van der Waals surface area contributed by atoms with Gasteiger partial charge in [-0.2, -0.15) is 5.26 Å². The summed E-state index contributed by atoms with van der Waals surface area (Å²) in [5, 5.41) is 18.5. The lowest BCUT2D eigenvalue weighted by Crippen LogP contribution is -2.14. The molecule has 0 bridgehead atoms. The maximum Gasteiger partial charge on any atom is 0.279 e. The number of nitrogens with zero attached hydrogens (tertiary/aromatic N) is 4. The van der Waals surface area contributed by atoms with Gasteiger partial charge < -0.3 is 5.32 Å². The molecule has 1 amide bonds. The number of amides is 1. The van der Waals surface area contributed by atoms with Gasteiger partial charge in [-0.15, -0.1) is 22.7 Å². The lowest BCUT2D eigenvalue weighted by atomic mass is 10.3. The molecule has 2 N–H and O–H groups in total. The van der Waals surface area contributed by atoms with Crippen LogP contribution in [0.15, 0.2) is 23.8 Å². The molecule has 0 saturated carbocycles. The van der Waals surface area contributed by atoms with E-state index >= 15 is 0 Å². The molecular formula is C15H12N6OS2. The highest BCUT2D eigenvalue weighted by atomic mass is 32.1. The zero-order chi connectivity index (χ0) is 17.1. The van der Waals surface area contributed by atoms with Gasteiger partial charge in [0.15, 0.2) is 10.8 Å². The first-order chi connectivity index (χ1) is 11.5. The topological polar surface area (TPSA) is 104 Å². The minimum atomic E-state index is -0.333. The summed E-state index contributed by atoms with van der Waals surface area (Å²) in [4.78, 5) is 25.0. The third-order valence-corrected chi connectivity index (χ3v) is 4.68. The van der Waals surface area contributed by atoms with Gasteiger partial charge in [0.2, 0.25) is 0 Å². The van der Waals surface area contributed by atoms with Crippen molar-refractivity contribution in [1.82, 2.24) is 15.0 Å². The Bertz CT molecular complexity index is 940. The van der Waals surface area contributed by atoms with Crippen LogP contribution in [0.25, 0.3) is 0 Å². The highest BCUT2D eigenvalue weighted by Crippen LogP contribution is 2.29. The molecular weight excluding hydrogens is 344 g/mol. The van der Waals surface area contributed by atoms with Gasteiger partial charge in [0.05, 0.1) is 28.1 Å². The van der Waals surface area contributed by atoms with Gasteiger partial charge in [-0.25, -0.2) is 9.97 Å². The monoisotopic (exact) mass is 356 g/mol. The Morgan fingerprint density at radius 3 is 2.83 bits per heavy atom. The van der Waals surface area contributed by atoms with Crippen molar-refractivity contribution in [3.63, 3.8) is 0 Å². The van der Waals surface area contributed by atoms with E-state index in [2.05, 4.69) is 25.6 Å². The Kier molecular flexibility index (Phi) is 4.50. The van der Waals surface area contributed by atoms with Crippen LogP contribution in [0.4, 0.5) is 15.8 Å².